The minimum atomic E-state index is -0.534. The largest absolute Gasteiger partial charge is 0.379 e. The third-order valence-electron chi connectivity index (χ3n) is 4.84. The SMILES string of the molecule is CN(Cc1ccccc1)C(=O)CCNc1ccc(C(=O)c2ccccc2)cc1[N+](=O)[O-]. The quantitative estimate of drug-likeness (QED) is 0.319. The van der Waals surface area contributed by atoms with Crippen LogP contribution >= 0.6 is 0 Å². The van der Waals surface area contributed by atoms with E-state index in [9.17, 15) is 19.7 Å². The highest BCUT2D eigenvalue weighted by molar-refractivity contribution is 6.09. The maximum Gasteiger partial charge on any atom is 0.293 e. The van der Waals surface area contributed by atoms with Gasteiger partial charge in [-0.25, -0.2) is 0 Å². The van der Waals surface area contributed by atoms with Crippen LogP contribution in [0.15, 0.2) is 78.9 Å². The van der Waals surface area contributed by atoms with Crippen molar-refractivity contribution in [3.63, 3.8) is 0 Å². The molecule has 0 unspecified atom stereocenters. The summed E-state index contributed by atoms with van der Waals surface area (Å²) < 4.78 is 0. The molecule has 31 heavy (non-hydrogen) atoms. The predicted molar refractivity (Wildman–Crippen MR) is 119 cm³/mol. The Labute approximate surface area is 180 Å². The van der Waals surface area contributed by atoms with E-state index >= 15 is 0 Å². The molecule has 7 nitrogen and oxygen atoms in total. The molecule has 0 bridgehead atoms. The van der Waals surface area contributed by atoms with Gasteiger partial charge in [0.1, 0.15) is 5.69 Å². The fraction of sp³-hybridized carbons (Fsp3) is 0.167. The molecule has 1 amide bonds. The minimum absolute atomic E-state index is 0.0742. The highest BCUT2D eigenvalue weighted by Gasteiger charge is 2.19. The molecule has 0 fully saturated rings. The van der Waals surface area contributed by atoms with Crippen molar-refractivity contribution in [2.45, 2.75) is 13.0 Å². The van der Waals surface area contributed by atoms with Gasteiger partial charge in [0, 0.05) is 43.8 Å². The lowest BCUT2D eigenvalue weighted by Crippen LogP contribution is -2.27. The van der Waals surface area contributed by atoms with Crippen LogP contribution in [-0.2, 0) is 11.3 Å². The molecule has 0 spiro atoms. The van der Waals surface area contributed by atoms with Gasteiger partial charge in [0.05, 0.1) is 4.92 Å². The molecule has 0 aliphatic carbocycles. The molecule has 0 atom stereocenters. The molecule has 0 aliphatic rings. The average molecular weight is 417 g/mol. The zero-order valence-corrected chi connectivity index (χ0v) is 17.2. The fourth-order valence-electron chi connectivity index (χ4n) is 3.17. The molecule has 3 rings (SSSR count). The van der Waals surface area contributed by atoms with Gasteiger partial charge in [0.2, 0.25) is 5.91 Å². The van der Waals surface area contributed by atoms with Crippen LogP contribution < -0.4 is 5.32 Å². The number of ketones is 1. The lowest BCUT2D eigenvalue weighted by Gasteiger charge is -2.17. The summed E-state index contributed by atoms with van der Waals surface area (Å²) in [5, 5.41) is 14.5. The van der Waals surface area contributed by atoms with Gasteiger partial charge in [0.25, 0.3) is 5.69 Å². The number of benzene rings is 3. The van der Waals surface area contributed by atoms with Crippen molar-refractivity contribution < 1.29 is 14.5 Å². The summed E-state index contributed by atoms with van der Waals surface area (Å²) in [6.45, 7) is 0.737. The van der Waals surface area contributed by atoms with Gasteiger partial charge in [-0.05, 0) is 17.7 Å². The number of nitrogens with one attached hydrogen (secondary N) is 1. The van der Waals surface area contributed by atoms with Crippen LogP contribution in [0.25, 0.3) is 0 Å². The Kier molecular flexibility index (Phi) is 7.11. The number of hydrogen-bond donors (Lipinski definition) is 1. The lowest BCUT2D eigenvalue weighted by molar-refractivity contribution is -0.384. The molecule has 0 aromatic heterocycles. The number of nitro benzene ring substituents is 1. The Morgan fingerprint density at radius 1 is 0.935 bits per heavy atom. The highest BCUT2D eigenvalue weighted by atomic mass is 16.6. The van der Waals surface area contributed by atoms with Crippen molar-refractivity contribution in [1.82, 2.24) is 4.90 Å². The van der Waals surface area contributed by atoms with E-state index in [2.05, 4.69) is 5.32 Å². The summed E-state index contributed by atoms with van der Waals surface area (Å²) in [7, 11) is 1.72. The van der Waals surface area contributed by atoms with Crippen LogP contribution in [0.2, 0.25) is 0 Å². The number of nitrogens with zero attached hydrogens (tertiary/aromatic N) is 2. The van der Waals surface area contributed by atoms with Crippen LogP contribution in [0.3, 0.4) is 0 Å². The molecule has 0 heterocycles. The van der Waals surface area contributed by atoms with Crippen LogP contribution in [0, 0.1) is 10.1 Å². The summed E-state index contributed by atoms with van der Waals surface area (Å²) in [5.41, 5.74) is 1.80. The van der Waals surface area contributed by atoms with E-state index in [1.807, 2.05) is 30.3 Å². The fourth-order valence-corrected chi connectivity index (χ4v) is 3.17. The van der Waals surface area contributed by atoms with E-state index in [0.29, 0.717) is 12.1 Å². The van der Waals surface area contributed by atoms with Crippen molar-refractivity contribution >= 4 is 23.1 Å². The monoisotopic (exact) mass is 417 g/mol. The first-order chi connectivity index (χ1) is 15.0. The van der Waals surface area contributed by atoms with E-state index in [1.54, 1.807) is 48.3 Å². The number of nitro groups is 1. The van der Waals surface area contributed by atoms with Gasteiger partial charge in [-0.15, -0.1) is 0 Å². The molecule has 7 heteroatoms. The highest BCUT2D eigenvalue weighted by Crippen LogP contribution is 2.26. The second-order valence-electron chi connectivity index (χ2n) is 7.10. The summed E-state index contributed by atoms with van der Waals surface area (Å²) in [6.07, 6.45) is 0.186. The van der Waals surface area contributed by atoms with E-state index in [4.69, 9.17) is 0 Å². The second-order valence-corrected chi connectivity index (χ2v) is 7.10. The van der Waals surface area contributed by atoms with Gasteiger partial charge >= 0.3 is 0 Å². The zero-order valence-electron chi connectivity index (χ0n) is 17.2. The predicted octanol–water partition coefficient (Wildman–Crippen LogP) is 4.29. The van der Waals surface area contributed by atoms with E-state index in [0.717, 1.165) is 5.56 Å². The Bertz CT molecular complexity index is 1070. The van der Waals surface area contributed by atoms with Gasteiger partial charge < -0.3 is 10.2 Å². The molecule has 0 radical (unpaired) electrons. The Morgan fingerprint density at radius 2 is 1.58 bits per heavy atom. The molecule has 3 aromatic carbocycles. The Morgan fingerprint density at radius 3 is 2.23 bits per heavy atom. The Hall–Kier alpha value is -4.00. The van der Waals surface area contributed by atoms with E-state index < -0.39 is 4.92 Å². The van der Waals surface area contributed by atoms with Gasteiger partial charge in [-0.1, -0.05) is 60.7 Å². The number of hydrogen-bond acceptors (Lipinski definition) is 5. The summed E-state index contributed by atoms with van der Waals surface area (Å²) in [6, 6.07) is 22.6. The first-order valence-corrected chi connectivity index (χ1v) is 9.85. The summed E-state index contributed by atoms with van der Waals surface area (Å²) in [5.74, 6) is -0.358. The van der Waals surface area contributed by atoms with Crippen molar-refractivity contribution in [2.24, 2.45) is 0 Å². The van der Waals surface area contributed by atoms with Gasteiger partial charge in [-0.2, -0.15) is 0 Å². The van der Waals surface area contributed by atoms with Crippen molar-refractivity contribution in [3.8, 4) is 0 Å². The number of carbonyl (C=O) groups excluding carboxylic acids is 2. The third-order valence-corrected chi connectivity index (χ3v) is 4.84. The van der Waals surface area contributed by atoms with Gasteiger partial charge in [0.15, 0.2) is 5.78 Å². The maximum absolute atomic E-state index is 12.6. The van der Waals surface area contributed by atoms with Crippen LogP contribution in [-0.4, -0.2) is 35.1 Å². The zero-order chi connectivity index (χ0) is 22.2. The number of amides is 1. The molecule has 3 aromatic rings. The minimum Gasteiger partial charge on any atom is -0.379 e. The molecule has 158 valence electrons. The summed E-state index contributed by atoms with van der Waals surface area (Å²) in [4.78, 5) is 37.5. The maximum atomic E-state index is 12.6. The smallest absolute Gasteiger partial charge is 0.293 e. The number of anilines is 1. The standard InChI is InChI=1S/C24H23N3O4/c1-26(17-18-8-4-2-5-9-18)23(28)14-15-25-21-13-12-20(16-22(21)27(30)31)24(29)19-10-6-3-7-11-19/h2-13,16,25H,14-15,17H2,1H3. The molecular formula is C24H23N3O4. The summed E-state index contributed by atoms with van der Waals surface area (Å²) >= 11 is 0. The first kappa shape index (κ1) is 21.7. The van der Waals surface area contributed by atoms with Crippen molar-refractivity contribution in [3.05, 3.63) is 106 Å². The number of carbonyl (C=O) groups is 2. The van der Waals surface area contributed by atoms with E-state index in [1.165, 1.54) is 12.1 Å². The molecule has 0 saturated carbocycles. The van der Waals surface area contributed by atoms with Crippen molar-refractivity contribution in [1.29, 1.82) is 0 Å². The number of rotatable bonds is 9. The lowest BCUT2D eigenvalue weighted by atomic mass is 10.0. The molecular weight excluding hydrogens is 394 g/mol. The second kappa shape index (κ2) is 10.2. The first-order valence-electron chi connectivity index (χ1n) is 9.85. The Balaban J connectivity index is 1.62. The average Bonchev–Trinajstić information content (AvgIpc) is 2.79. The molecule has 1 N–H and O–H groups in total. The van der Waals surface area contributed by atoms with Crippen molar-refractivity contribution in [2.75, 3.05) is 18.9 Å². The molecule has 0 aliphatic heterocycles. The molecule has 0 saturated heterocycles. The topological polar surface area (TPSA) is 92.6 Å². The normalized spacial score (nSPS) is 10.4. The third kappa shape index (κ3) is 5.76. The van der Waals surface area contributed by atoms with Crippen LogP contribution in [0.1, 0.15) is 27.9 Å². The van der Waals surface area contributed by atoms with Crippen LogP contribution in [0.5, 0.6) is 0 Å². The van der Waals surface area contributed by atoms with E-state index in [-0.39, 0.29) is 41.6 Å². The van der Waals surface area contributed by atoms with Gasteiger partial charge in [-0.3, -0.25) is 19.7 Å². The van der Waals surface area contributed by atoms with Crippen LogP contribution in [0.4, 0.5) is 11.4 Å².